The molecule has 0 aliphatic carbocycles. The van der Waals surface area contributed by atoms with Gasteiger partial charge in [0.15, 0.2) is 5.96 Å². The third kappa shape index (κ3) is 27.4. The Bertz CT molecular complexity index is 5130. The van der Waals surface area contributed by atoms with E-state index in [1.807, 2.05) is 6.92 Å². The van der Waals surface area contributed by atoms with Crippen molar-refractivity contribution in [1.29, 1.82) is 5.41 Å². The molecule has 3 aromatic carbocycles. The third-order valence-corrected chi connectivity index (χ3v) is 24.2. The number of thioether (sulfide) groups is 1. The fourth-order valence-electron chi connectivity index (χ4n) is 15.6. The van der Waals surface area contributed by atoms with E-state index in [1.54, 1.807) is 60.9 Å². The summed E-state index contributed by atoms with van der Waals surface area (Å²) in [4.78, 5) is 265. The number of hydrogen-bond donors (Lipinski definition) is 22. The minimum Gasteiger partial charge on any atom is -0.508 e. The normalized spacial score (nSPS) is 25.1. The van der Waals surface area contributed by atoms with Crippen LogP contribution in [0.2, 0.25) is 0 Å². The van der Waals surface area contributed by atoms with Crippen molar-refractivity contribution in [3.05, 3.63) is 120 Å². The van der Waals surface area contributed by atoms with E-state index in [-0.39, 0.29) is 82.3 Å². The average molecular weight is 1840 g/mol. The van der Waals surface area contributed by atoms with Crippen LogP contribution in [-0.2, 0) is 107 Å². The Morgan fingerprint density at radius 1 is 0.542 bits per heavy atom. The van der Waals surface area contributed by atoms with Crippen LogP contribution in [-0.4, -0.2) is 334 Å². The molecule has 3 saturated heterocycles. The predicted molar refractivity (Wildman–Crippen MR) is 474 cm³/mol. The van der Waals surface area contributed by atoms with Crippen LogP contribution in [0.1, 0.15) is 101 Å². The monoisotopic (exact) mass is 1840 g/mol. The first kappa shape index (κ1) is 101. The first-order chi connectivity index (χ1) is 62.4. The van der Waals surface area contributed by atoms with E-state index in [1.165, 1.54) is 71.8 Å². The number of carbonyl (C=O) groups excluding carboxylic acids is 17. The number of likely N-dealkylation sites (N-methyl/N-ethyl adjacent to an activating group) is 3. The smallest absolute Gasteiger partial charge is 0.248 e. The number of imidazole rings is 1. The summed E-state index contributed by atoms with van der Waals surface area (Å²) in [6.07, 6.45) is 2.31. The number of aliphatic hydroxyl groups is 3. The number of nitrogens with one attached hydrogen (secondary N) is 15. The van der Waals surface area contributed by atoms with Gasteiger partial charge in [-0.15, -0.1) is 11.8 Å². The van der Waals surface area contributed by atoms with Crippen molar-refractivity contribution in [2.45, 2.75) is 195 Å². The zero-order chi connectivity index (χ0) is 95.6. The van der Waals surface area contributed by atoms with E-state index in [4.69, 9.17) is 22.6 Å². The number of rotatable bonds is 22. The van der Waals surface area contributed by atoms with Crippen LogP contribution in [0.15, 0.2) is 97.7 Å². The summed E-state index contributed by atoms with van der Waals surface area (Å²) in [6.45, 7) is 0.624. The lowest BCUT2D eigenvalue weighted by Gasteiger charge is -2.35. The second-order valence-corrected chi connectivity index (χ2v) is 33.6. The van der Waals surface area contributed by atoms with Crippen molar-refractivity contribution in [3.63, 3.8) is 0 Å². The second kappa shape index (κ2) is 47.5. The van der Waals surface area contributed by atoms with Gasteiger partial charge in [-0.05, 0) is 86.9 Å². The van der Waals surface area contributed by atoms with Gasteiger partial charge in [-0.1, -0.05) is 68.3 Å². The number of benzene rings is 3. The molecule has 3 aliphatic heterocycles. The van der Waals surface area contributed by atoms with E-state index >= 15 is 24.0 Å². The highest BCUT2D eigenvalue weighted by Crippen LogP contribution is 2.27. The van der Waals surface area contributed by atoms with E-state index < -0.39 is 248 Å². The Kier molecular flexibility index (Phi) is 36.6. The Morgan fingerprint density at radius 3 is 1.66 bits per heavy atom. The number of nitrogens with two attached hydrogens (primary N) is 3. The molecular formula is C85H116N24O21S. The van der Waals surface area contributed by atoms with E-state index in [9.17, 15) is 78.0 Å². The number of H-pyrrole nitrogens is 3. The van der Waals surface area contributed by atoms with E-state index in [0.717, 1.165) is 36.3 Å². The van der Waals surface area contributed by atoms with Gasteiger partial charge in [-0.25, -0.2) is 4.98 Å². The van der Waals surface area contributed by atoms with E-state index in [0.29, 0.717) is 51.3 Å². The minimum atomic E-state index is -1.93. The summed E-state index contributed by atoms with van der Waals surface area (Å²) in [7, 11) is 3.76. The highest BCUT2D eigenvalue weighted by Gasteiger charge is 2.46. The van der Waals surface area contributed by atoms with Crippen molar-refractivity contribution in [2.75, 3.05) is 72.0 Å². The first-order valence-corrected chi connectivity index (χ1v) is 43.9. The van der Waals surface area contributed by atoms with Crippen molar-refractivity contribution < 1.29 is 102 Å². The van der Waals surface area contributed by atoms with Crippen LogP contribution in [0.5, 0.6) is 5.75 Å². The lowest BCUT2D eigenvalue weighted by molar-refractivity contribution is -0.149. The van der Waals surface area contributed by atoms with E-state index in [2.05, 4.69) is 78.4 Å². The maximum absolute atomic E-state index is 15.5. The molecule has 17 amide bonds. The summed E-state index contributed by atoms with van der Waals surface area (Å²) < 4.78 is 0. The second-order valence-electron chi connectivity index (χ2n) is 32.5. The summed E-state index contributed by atoms with van der Waals surface area (Å²) in [6, 6.07) is -3.45. The largest absolute Gasteiger partial charge is 0.508 e. The molecule has 25 N–H and O–H groups in total. The molecule has 6 heterocycles. The molecule has 0 saturated carbocycles. The van der Waals surface area contributed by atoms with Crippen LogP contribution in [0.3, 0.4) is 0 Å². The Morgan fingerprint density at radius 2 is 1.07 bits per heavy atom. The predicted octanol–water partition coefficient (Wildman–Crippen LogP) is -6.15. The van der Waals surface area contributed by atoms with Crippen molar-refractivity contribution >= 4 is 140 Å². The van der Waals surface area contributed by atoms with Crippen LogP contribution < -0.4 is 75.7 Å². The SMILES string of the molecule is CCCC[C@H]1C(=O)N(C)[C@@H](C)C(=O)N[C@@H](CCCNC(=N)N)C(=O)NC(C(=O)NCC(N)=O)CSCC(=O)N[C@@H](Cc2ccc(O)cc2)C(=O)N(C)[C@@H](C)C(=O)N[C@@H](CC(N)=O)C(=O)N2CCC[C@H]2C(=O)N[C@@H](Cc2cnc[nH]2)C(=O)N[C@@H](CO)C(=O)N2C[C@H](O)C[C@H]2C(=O)N[C@@H](Cc2c[nH]c3ccccc23)C(=O)N[C@@H](CO)C(=O)N[C@@H](Cc2c[nH]c3ccccc23)C(=O)N1C. The van der Waals surface area contributed by atoms with Gasteiger partial charge in [0.2, 0.25) is 100 Å². The number of aromatic amines is 3. The molecule has 0 radical (unpaired) electrons. The number of amides is 17. The fourth-order valence-corrected chi connectivity index (χ4v) is 16.5. The number of aromatic nitrogens is 4. The highest BCUT2D eigenvalue weighted by molar-refractivity contribution is 8.00. The van der Waals surface area contributed by atoms with Crippen LogP contribution in [0.4, 0.5) is 0 Å². The third-order valence-electron chi connectivity index (χ3n) is 23.2. The molecule has 708 valence electrons. The number of nitrogens with zero attached hydrogens (tertiary/aromatic N) is 6. The van der Waals surface area contributed by atoms with Gasteiger partial charge in [0.1, 0.15) is 90.3 Å². The summed E-state index contributed by atoms with van der Waals surface area (Å²) >= 11 is 0.742. The van der Waals surface area contributed by atoms with Gasteiger partial charge in [0.25, 0.3) is 0 Å². The summed E-state index contributed by atoms with van der Waals surface area (Å²) in [5.74, 6) is -18.7. The standard InChI is InChI=1S/C85H116N24O21S/c1-7-8-20-66-84(130)106(5)45(3)71(117)97-56(19-13-26-91-85(88)89)74(120)104-64(73(119)94-37-69(87)115)41-131-42-70(116)96-59(28-46-22-24-50(112)25-23-46)80(126)105(4)44(2)72(118)100-61(33-68(86)114)82(128)108-27-14-21-65(108)78(124)99-58(31-49-36-90-43-95-49)76(122)103-63(40-111)83(129)109-38-51(113)32-67(109)79(125)98-57(29-47-34-92-54-17-11-9-15-52(47)54)75(121)102-62(39-110)77(123)101-60(81(127)107(66)6)30-48-35-93-55-18-12-10-16-53(48)55/h9-12,15-18,22-25,34-36,43-45,51,56-67,92-93,110-113H,7-8,13-14,19-21,26-33,37-42H2,1-6H3,(H2,86,114)(H2,87,115)(H,90,95)(H,94,119)(H,96,116)(H,97,117)(H,98,125)(H,99,124)(H,100,118)(H,101,123)(H,102,121)(H,103,122)(H,104,120)(H4,88,89,91)/t44-,45-,51+,56-,57-,58-,59-,60-,61-,62-,63-,64?,65-,66-,67-/m0/s1. The molecule has 3 aliphatic rings. The number of phenolic OH excluding ortho intramolecular Hbond substituents is 1. The van der Waals surface area contributed by atoms with Crippen molar-refractivity contribution in [3.8, 4) is 5.75 Å². The number of aromatic hydroxyl groups is 1. The molecule has 1 unspecified atom stereocenters. The number of phenols is 1. The van der Waals surface area contributed by atoms with Crippen molar-refractivity contribution in [2.24, 2.45) is 17.2 Å². The first-order valence-electron chi connectivity index (χ1n) is 42.8. The maximum Gasteiger partial charge on any atom is 0.248 e. The van der Waals surface area contributed by atoms with Gasteiger partial charge in [-0.3, -0.25) is 86.9 Å². The molecule has 6 aromatic rings. The Hall–Kier alpha value is -13.8. The van der Waals surface area contributed by atoms with Crippen molar-refractivity contribution in [1.82, 2.24) is 103 Å². The Balaban J connectivity index is 1.07. The zero-order valence-corrected chi connectivity index (χ0v) is 74.1. The van der Waals surface area contributed by atoms with Gasteiger partial charge < -0.3 is 136 Å². The van der Waals surface area contributed by atoms with Gasteiger partial charge >= 0.3 is 0 Å². The highest BCUT2D eigenvalue weighted by atomic mass is 32.2. The maximum atomic E-state index is 15.5. The molecule has 3 aromatic heterocycles. The number of aliphatic hydroxyl groups excluding tert-OH is 3. The molecule has 0 spiro atoms. The Labute approximate surface area is 756 Å². The molecule has 131 heavy (non-hydrogen) atoms. The lowest BCUT2D eigenvalue weighted by atomic mass is 10.0. The summed E-state index contributed by atoms with van der Waals surface area (Å²) in [5.41, 5.74) is 19.4. The van der Waals surface area contributed by atoms with Crippen LogP contribution in [0, 0.1) is 5.41 Å². The van der Waals surface area contributed by atoms with Crippen LogP contribution in [0.25, 0.3) is 21.8 Å². The molecule has 46 heteroatoms. The van der Waals surface area contributed by atoms with Gasteiger partial charge in [0, 0.05) is 125 Å². The number of carbonyl (C=O) groups is 17. The van der Waals surface area contributed by atoms with Crippen LogP contribution >= 0.6 is 11.8 Å². The molecule has 3 fully saturated rings. The average Bonchev–Trinajstić information content (AvgIpc) is 1.78. The fraction of sp³-hybridized carbons (Fsp3) is 0.494. The molecular weight excluding hydrogens is 1730 g/mol. The number of guanidine groups is 1. The molecule has 9 rings (SSSR count). The number of para-hydroxylation sites is 2. The topological polar surface area (TPSA) is 682 Å². The quantitative estimate of drug-likeness (QED) is 0.0171. The molecule has 45 nitrogen and oxygen atoms in total. The number of hydrogen-bond acceptors (Lipinski definition) is 24. The lowest BCUT2D eigenvalue weighted by Crippen LogP contribution is -2.62. The zero-order valence-electron chi connectivity index (χ0n) is 73.3. The number of primary amides is 2. The number of unbranched alkanes of at least 4 members (excludes halogenated alkanes) is 1. The van der Waals surface area contributed by atoms with Gasteiger partial charge in [-0.2, -0.15) is 0 Å². The number of fused-ring (bicyclic) bond motifs is 4. The molecule has 0 bridgehead atoms. The summed E-state index contributed by atoms with van der Waals surface area (Å²) in [5, 5.41) is 80.6. The minimum absolute atomic E-state index is 0.0219. The molecule has 15 atom stereocenters. The van der Waals surface area contributed by atoms with Gasteiger partial charge in [0.05, 0.1) is 44.4 Å².